The lowest BCUT2D eigenvalue weighted by atomic mass is 9.95. The van der Waals surface area contributed by atoms with Crippen LogP contribution in [-0.2, 0) is 20.6 Å². The van der Waals surface area contributed by atoms with Gasteiger partial charge in [-0.15, -0.1) is 0 Å². The van der Waals surface area contributed by atoms with Crippen molar-refractivity contribution in [2.75, 3.05) is 64.8 Å². The molecule has 8 rings (SSSR count). The first-order chi connectivity index (χ1) is 25.6. The summed E-state index contributed by atoms with van der Waals surface area (Å²) < 4.78 is 45.9. The van der Waals surface area contributed by atoms with E-state index in [0.717, 1.165) is 93.3 Å². The number of fused-ring (bicyclic) bond motifs is 4. The molecule has 1 aliphatic carbocycles. The molecule has 0 N–H and O–H groups in total. The van der Waals surface area contributed by atoms with Crippen LogP contribution in [0.15, 0.2) is 36.5 Å². The van der Waals surface area contributed by atoms with Crippen LogP contribution >= 0.6 is 0 Å². The molecule has 4 aromatic rings. The zero-order chi connectivity index (χ0) is 35.4. The van der Waals surface area contributed by atoms with Crippen LogP contribution in [0.4, 0.5) is 10.2 Å². The number of anilines is 1. The van der Waals surface area contributed by atoms with E-state index in [1.807, 2.05) is 24.3 Å². The van der Waals surface area contributed by atoms with E-state index < -0.39 is 5.82 Å². The summed E-state index contributed by atoms with van der Waals surface area (Å²) in [5, 5.41) is 2.54. The molecule has 2 bridgehead atoms. The number of hydrogen-bond acceptors (Lipinski definition) is 10. The molecule has 0 radical (unpaired) electrons. The molecule has 10 nitrogen and oxygen atoms in total. The first-order valence-corrected chi connectivity index (χ1v) is 19.5. The van der Waals surface area contributed by atoms with E-state index in [1.54, 1.807) is 13.3 Å². The molecule has 52 heavy (non-hydrogen) atoms. The normalized spacial score (nSPS) is 22.3. The van der Waals surface area contributed by atoms with Crippen molar-refractivity contribution >= 4 is 27.5 Å². The predicted molar refractivity (Wildman–Crippen MR) is 199 cm³/mol. The van der Waals surface area contributed by atoms with Gasteiger partial charge in [-0.2, -0.15) is 9.97 Å². The van der Waals surface area contributed by atoms with Crippen molar-refractivity contribution in [1.82, 2.24) is 19.9 Å². The molecule has 278 valence electrons. The Morgan fingerprint density at radius 1 is 0.981 bits per heavy atom. The zero-order valence-corrected chi connectivity index (χ0v) is 30.7. The third-order valence-electron chi connectivity index (χ3n) is 11.5. The molecule has 2 unspecified atom stereocenters. The molecule has 2 aromatic heterocycles. The van der Waals surface area contributed by atoms with Gasteiger partial charge in [0.1, 0.15) is 29.4 Å². The first-order valence-electron chi connectivity index (χ1n) is 19.5. The number of pyridine rings is 1. The van der Waals surface area contributed by atoms with Crippen LogP contribution in [0.25, 0.3) is 32.9 Å². The van der Waals surface area contributed by atoms with Crippen molar-refractivity contribution in [3.8, 4) is 23.0 Å². The average molecular weight is 714 g/mol. The van der Waals surface area contributed by atoms with Gasteiger partial charge in [0, 0.05) is 38.0 Å². The molecule has 5 heterocycles. The Morgan fingerprint density at radius 2 is 1.83 bits per heavy atom. The summed E-state index contributed by atoms with van der Waals surface area (Å²) in [6.45, 7) is 8.01. The smallest absolute Gasteiger partial charge is 0.319 e. The second-order valence-corrected chi connectivity index (χ2v) is 15.0. The highest BCUT2D eigenvalue weighted by atomic mass is 19.1. The van der Waals surface area contributed by atoms with E-state index in [0.29, 0.717) is 48.4 Å². The Kier molecular flexibility index (Phi) is 11.0. The van der Waals surface area contributed by atoms with Crippen LogP contribution in [-0.4, -0.2) is 92.1 Å². The number of halogens is 1. The van der Waals surface area contributed by atoms with Gasteiger partial charge < -0.3 is 28.6 Å². The summed E-state index contributed by atoms with van der Waals surface area (Å²) in [7, 11) is 1.59. The number of ether oxygens (including phenoxy) is 5. The fourth-order valence-corrected chi connectivity index (χ4v) is 8.99. The first kappa shape index (κ1) is 35.4. The number of benzene rings is 2. The SMILES string of the molecule is CCc1cccc2cc(OCOC)cc(-c3ncc4c(N5CC6CCC(C6)C5)nc(OC[C@@H]5CCCN5CCCCCC5OCCO5)nc4c3F)c12. The Balaban J connectivity index is 1.09. The molecule has 11 heteroatoms. The molecular weight excluding hydrogens is 661 g/mol. The lowest BCUT2D eigenvalue weighted by Crippen LogP contribution is -2.37. The van der Waals surface area contributed by atoms with Crippen molar-refractivity contribution in [1.29, 1.82) is 0 Å². The summed E-state index contributed by atoms with van der Waals surface area (Å²) in [4.78, 5) is 19.5. The van der Waals surface area contributed by atoms with Crippen molar-refractivity contribution in [3.63, 3.8) is 0 Å². The maximum atomic E-state index is 17.2. The number of piperidine rings is 1. The number of aromatic nitrogens is 3. The van der Waals surface area contributed by atoms with Crippen LogP contribution < -0.4 is 14.4 Å². The van der Waals surface area contributed by atoms with Crippen LogP contribution in [0.5, 0.6) is 11.8 Å². The van der Waals surface area contributed by atoms with Crippen molar-refractivity contribution in [2.24, 2.45) is 11.8 Å². The number of rotatable bonds is 15. The predicted octanol–water partition coefficient (Wildman–Crippen LogP) is 7.54. The number of unbranched alkanes of at least 4 members (excludes halogenated alkanes) is 2. The fourth-order valence-electron chi connectivity index (χ4n) is 8.99. The van der Waals surface area contributed by atoms with E-state index in [9.17, 15) is 0 Å². The summed E-state index contributed by atoms with van der Waals surface area (Å²) in [6.07, 6.45) is 12.8. The van der Waals surface area contributed by atoms with Gasteiger partial charge in [0.2, 0.25) is 0 Å². The fraction of sp³-hybridized carbons (Fsp3) is 0.585. The van der Waals surface area contributed by atoms with E-state index >= 15 is 4.39 Å². The van der Waals surface area contributed by atoms with Gasteiger partial charge in [-0.3, -0.25) is 9.88 Å². The highest BCUT2D eigenvalue weighted by molar-refractivity contribution is 6.01. The zero-order valence-electron chi connectivity index (χ0n) is 30.7. The summed E-state index contributed by atoms with van der Waals surface area (Å²) in [5.74, 6) is 2.10. The van der Waals surface area contributed by atoms with Gasteiger partial charge in [-0.1, -0.05) is 31.5 Å². The summed E-state index contributed by atoms with van der Waals surface area (Å²) >= 11 is 0. The molecule has 1 saturated carbocycles. The maximum absolute atomic E-state index is 17.2. The standard InChI is InChI=1S/C41H52FN5O5/c1-3-29-9-7-10-30-20-32(52-26-48-2)21-33(36(29)30)38-37(42)39-34(22-43-38)40(47-23-27-13-14-28(19-27)24-47)45-41(44-39)51-25-31-11-8-16-46(31)15-6-4-5-12-35-49-17-18-50-35/h7,9-10,20-22,27-28,31,35H,3-6,8,11-19,23-26H2,1-2H3/t27?,28?,31-/m0/s1. The molecule has 3 saturated heterocycles. The van der Waals surface area contributed by atoms with Crippen LogP contribution in [0.1, 0.15) is 70.3 Å². The third-order valence-corrected chi connectivity index (χ3v) is 11.5. The second-order valence-electron chi connectivity index (χ2n) is 15.0. The van der Waals surface area contributed by atoms with E-state index in [1.165, 1.54) is 19.3 Å². The minimum atomic E-state index is -0.474. The van der Waals surface area contributed by atoms with Gasteiger partial charge in [-0.25, -0.2) is 4.39 Å². The van der Waals surface area contributed by atoms with E-state index in [-0.39, 0.29) is 36.3 Å². The Labute approximate surface area is 305 Å². The third kappa shape index (κ3) is 7.56. The number of methoxy groups -OCH3 is 1. The lowest BCUT2D eigenvalue weighted by Gasteiger charge is -2.33. The van der Waals surface area contributed by atoms with Crippen molar-refractivity contribution in [2.45, 2.75) is 83.5 Å². The molecule has 0 amide bonds. The number of hydrogen-bond donors (Lipinski definition) is 0. The van der Waals surface area contributed by atoms with Crippen molar-refractivity contribution in [3.05, 3.63) is 47.9 Å². The number of aryl methyl sites for hydroxylation is 1. The highest BCUT2D eigenvalue weighted by Crippen LogP contribution is 2.42. The Bertz CT molecular complexity index is 1840. The summed E-state index contributed by atoms with van der Waals surface area (Å²) in [5.41, 5.74) is 2.26. The lowest BCUT2D eigenvalue weighted by molar-refractivity contribution is -0.0480. The van der Waals surface area contributed by atoms with E-state index in [2.05, 4.69) is 22.8 Å². The van der Waals surface area contributed by atoms with Gasteiger partial charge in [-0.05, 0) is 111 Å². The van der Waals surface area contributed by atoms with Gasteiger partial charge in [0.15, 0.2) is 18.9 Å². The minimum absolute atomic E-state index is 0.0233. The van der Waals surface area contributed by atoms with Gasteiger partial charge in [0.25, 0.3) is 0 Å². The number of nitrogens with zero attached hydrogens (tertiary/aromatic N) is 5. The molecule has 2 aromatic carbocycles. The van der Waals surface area contributed by atoms with Crippen molar-refractivity contribution < 1.29 is 28.1 Å². The summed E-state index contributed by atoms with van der Waals surface area (Å²) in [6, 6.07) is 10.5. The van der Waals surface area contributed by atoms with Crippen LogP contribution in [0.2, 0.25) is 0 Å². The molecule has 4 fully saturated rings. The van der Waals surface area contributed by atoms with E-state index in [4.69, 9.17) is 38.6 Å². The quantitative estimate of drug-likeness (QED) is 0.0909. The Hall–Kier alpha value is -3.64. The monoisotopic (exact) mass is 713 g/mol. The Morgan fingerprint density at radius 3 is 2.63 bits per heavy atom. The molecule has 0 spiro atoms. The molecule has 4 aliphatic rings. The maximum Gasteiger partial charge on any atom is 0.319 e. The minimum Gasteiger partial charge on any atom is -0.468 e. The molecule has 3 atom stereocenters. The highest BCUT2D eigenvalue weighted by Gasteiger charge is 2.35. The average Bonchev–Trinajstić information content (AvgIpc) is 3.94. The second kappa shape index (κ2) is 16.2. The molecule has 3 aliphatic heterocycles. The topological polar surface area (TPSA) is 91.3 Å². The van der Waals surface area contributed by atoms with Crippen LogP contribution in [0, 0.1) is 17.7 Å². The largest absolute Gasteiger partial charge is 0.468 e. The van der Waals surface area contributed by atoms with Gasteiger partial charge in [0.05, 0.1) is 18.6 Å². The van der Waals surface area contributed by atoms with Gasteiger partial charge >= 0.3 is 6.01 Å². The molecular formula is C41H52FN5O5. The van der Waals surface area contributed by atoms with Crippen LogP contribution in [0.3, 0.4) is 0 Å². The number of likely N-dealkylation sites (tertiary alicyclic amines) is 1.